The minimum atomic E-state index is -4.21. The van der Waals surface area contributed by atoms with Crippen molar-refractivity contribution in [3.05, 3.63) is 94.0 Å². The largest absolute Gasteiger partial charge is 0.352 e. The lowest BCUT2D eigenvalue weighted by atomic mass is 10.1. The van der Waals surface area contributed by atoms with Gasteiger partial charge in [-0.3, -0.25) is 13.9 Å². The molecule has 1 aliphatic rings. The zero-order valence-corrected chi connectivity index (χ0v) is 24.8. The van der Waals surface area contributed by atoms with Gasteiger partial charge in [0.2, 0.25) is 11.8 Å². The quantitative estimate of drug-likeness (QED) is 0.310. The van der Waals surface area contributed by atoms with E-state index >= 15 is 0 Å². The zero-order chi connectivity index (χ0) is 28.9. The van der Waals surface area contributed by atoms with E-state index in [1.54, 1.807) is 25.1 Å². The zero-order valence-electron chi connectivity index (χ0n) is 22.5. The van der Waals surface area contributed by atoms with E-state index in [4.69, 9.17) is 23.2 Å². The number of carbonyl (C=O) groups is 2. The molecule has 40 heavy (non-hydrogen) atoms. The number of amides is 2. The van der Waals surface area contributed by atoms with Gasteiger partial charge in [-0.1, -0.05) is 78.5 Å². The van der Waals surface area contributed by atoms with Crippen molar-refractivity contribution in [3.63, 3.8) is 0 Å². The Kier molecular flexibility index (Phi) is 9.77. The number of hydrogen-bond acceptors (Lipinski definition) is 4. The first kappa shape index (κ1) is 29.9. The lowest BCUT2D eigenvalue weighted by Crippen LogP contribution is -2.52. The van der Waals surface area contributed by atoms with Crippen LogP contribution in [0.5, 0.6) is 0 Å². The Morgan fingerprint density at radius 2 is 1.62 bits per heavy atom. The number of anilines is 1. The first-order valence-corrected chi connectivity index (χ1v) is 15.4. The van der Waals surface area contributed by atoms with Crippen LogP contribution in [-0.2, 0) is 26.2 Å². The average Bonchev–Trinajstić information content (AvgIpc) is 3.44. The molecule has 10 heteroatoms. The number of hydrogen-bond donors (Lipinski definition) is 1. The summed E-state index contributed by atoms with van der Waals surface area (Å²) in [6.07, 6.45) is 3.92. The fourth-order valence-electron chi connectivity index (χ4n) is 4.86. The van der Waals surface area contributed by atoms with Crippen molar-refractivity contribution in [3.8, 4) is 0 Å². The molecule has 1 unspecified atom stereocenters. The Morgan fingerprint density at radius 3 is 2.27 bits per heavy atom. The highest BCUT2D eigenvalue weighted by molar-refractivity contribution is 7.92. The van der Waals surface area contributed by atoms with Crippen molar-refractivity contribution in [1.82, 2.24) is 10.2 Å². The van der Waals surface area contributed by atoms with Crippen molar-refractivity contribution in [2.45, 2.75) is 63.1 Å². The Morgan fingerprint density at radius 1 is 0.975 bits per heavy atom. The topological polar surface area (TPSA) is 86.8 Å². The van der Waals surface area contributed by atoms with E-state index in [2.05, 4.69) is 5.32 Å². The van der Waals surface area contributed by atoms with Crippen LogP contribution in [0.1, 0.15) is 43.7 Å². The van der Waals surface area contributed by atoms with E-state index < -0.39 is 28.5 Å². The van der Waals surface area contributed by atoms with Crippen LogP contribution in [-0.4, -0.2) is 43.8 Å². The molecule has 0 saturated heterocycles. The number of halogens is 2. The Bertz CT molecular complexity index is 1460. The van der Waals surface area contributed by atoms with Gasteiger partial charge in [0, 0.05) is 17.6 Å². The summed E-state index contributed by atoms with van der Waals surface area (Å²) in [5, 5.41) is 3.48. The highest BCUT2D eigenvalue weighted by atomic mass is 35.5. The molecule has 4 rings (SSSR count). The second-order valence-electron chi connectivity index (χ2n) is 10.0. The molecule has 3 aromatic carbocycles. The molecule has 1 fully saturated rings. The van der Waals surface area contributed by atoms with Crippen LogP contribution < -0.4 is 9.62 Å². The summed E-state index contributed by atoms with van der Waals surface area (Å²) >= 11 is 12.5. The summed E-state index contributed by atoms with van der Waals surface area (Å²) in [7, 11) is -4.21. The van der Waals surface area contributed by atoms with Gasteiger partial charge in [-0.2, -0.15) is 0 Å². The second-order valence-corrected chi connectivity index (χ2v) is 12.7. The molecule has 0 aliphatic heterocycles. The molecule has 1 N–H and O–H groups in total. The van der Waals surface area contributed by atoms with Gasteiger partial charge < -0.3 is 10.2 Å². The van der Waals surface area contributed by atoms with Gasteiger partial charge in [-0.05, 0) is 68.1 Å². The molecular formula is C30H33Cl2N3O4S. The smallest absolute Gasteiger partial charge is 0.264 e. The van der Waals surface area contributed by atoms with Gasteiger partial charge in [0.15, 0.2) is 0 Å². The monoisotopic (exact) mass is 601 g/mol. The van der Waals surface area contributed by atoms with Crippen LogP contribution in [0.25, 0.3) is 0 Å². The standard InChI is InChI=1S/C30H33Cl2N3O4S/c1-21-10-6-7-11-23(21)19-34(22(2)30(37)33-25-12-8-9-13-25)29(36)20-35(28-17-16-24(31)18-27(28)32)40(38,39)26-14-4-3-5-15-26/h3-7,10-11,14-18,22,25H,8-9,12-13,19-20H2,1-2H3,(H,33,37). The van der Waals surface area contributed by atoms with Gasteiger partial charge in [0.1, 0.15) is 12.6 Å². The van der Waals surface area contributed by atoms with E-state index in [1.807, 2.05) is 31.2 Å². The normalized spacial score (nSPS) is 14.5. The maximum Gasteiger partial charge on any atom is 0.264 e. The van der Waals surface area contributed by atoms with Gasteiger partial charge in [-0.15, -0.1) is 0 Å². The van der Waals surface area contributed by atoms with E-state index in [1.165, 1.54) is 35.2 Å². The first-order chi connectivity index (χ1) is 19.1. The van der Waals surface area contributed by atoms with Gasteiger partial charge in [0.05, 0.1) is 15.6 Å². The Hall–Kier alpha value is -3.07. The van der Waals surface area contributed by atoms with Gasteiger partial charge in [0.25, 0.3) is 10.0 Å². The summed E-state index contributed by atoms with van der Waals surface area (Å²) in [5.74, 6) is -0.807. The number of sulfonamides is 1. The number of rotatable bonds is 10. The predicted molar refractivity (Wildman–Crippen MR) is 159 cm³/mol. The minimum Gasteiger partial charge on any atom is -0.352 e. The molecule has 0 aromatic heterocycles. The Labute approximate surface area is 246 Å². The van der Waals surface area contributed by atoms with Crippen LogP contribution >= 0.6 is 23.2 Å². The molecule has 1 aliphatic carbocycles. The number of benzene rings is 3. The van der Waals surface area contributed by atoms with Crippen molar-refractivity contribution in [2.24, 2.45) is 0 Å². The third kappa shape index (κ3) is 6.97. The minimum absolute atomic E-state index is 0.00583. The van der Waals surface area contributed by atoms with E-state index in [9.17, 15) is 18.0 Å². The predicted octanol–water partition coefficient (Wildman–Crippen LogP) is 5.97. The van der Waals surface area contributed by atoms with Crippen LogP contribution in [0.2, 0.25) is 10.0 Å². The van der Waals surface area contributed by atoms with E-state index in [0.29, 0.717) is 5.02 Å². The Balaban J connectivity index is 1.71. The second kappa shape index (κ2) is 13.1. The molecule has 0 radical (unpaired) electrons. The lowest BCUT2D eigenvalue weighted by Gasteiger charge is -2.33. The third-order valence-electron chi connectivity index (χ3n) is 7.26. The van der Waals surface area contributed by atoms with Gasteiger partial charge >= 0.3 is 0 Å². The van der Waals surface area contributed by atoms with E-state index in [0.717, 1.165) is 41.1 Å². The molecule has 1 saturated carbocycles. The van der Waals surface area contributed by atoms with Gasteiger partial charge in [-0.25, -0.2) is 8.42 Å². The van der Waals surface area contributed by atoms with Crippen LogP contribution in [0.4, 0.5) is 5.69 Å². The molecule has 0 heterocycles. The molecular weight excluding hydrogens is 569 g/mol. The molecule has 0 bridgehead atoms. The molecule has 3 aromatic rings. The summed E-state index contributed by atoms with van der Waals surface area (Å²) in [4.78, 5) is 28.8. The van der Waals surface area contributed by atoms with Crippen molar-refractivity contribution in [1.29, 1.82) is 0 Å². The van der Waals surface area contributed by atoms with Crippen molar-refractivity contribution >= 4 is 50.7 Å². The molecule has 0 spiro atoms. The lowest BCUT2D eigenvalue weighted by molar-refractivity contribution is -0.139. The summed E-state index contributed by atoms with van der Waals surface area (Å²) in [5.41, 5.74) is 1.93. The summed E-state index contributed by atoms with van der Waals surface area (Å²) in [6, 6.07) is 19.1. The molecule has 1 atom stereocenters. The highest BCUT2D eigenvalue weighted by Gasteiger charge is 2.34. The van der Waals surface area contributed by atoms with Crippen LogP contribution in [0.3, 0.4) is 0 Å². The highest BCUT2D eigenvalue weighted by Crippen LogP contribution is 2.33. The number of aryl methyl sites for hydroxylation is 1. The van der Waals surface area contributed by atoms with Crippen LogP contribution in [0.15, 0.2) is 77.7 Å². The SMILES string of the molecule is Cc1ccccc1CN(C(=O)CN(c1ccc(Cl)cc1Cl)S(=O)(=O)c1ccccc1)C(C)C(=O)NC1CCCC1. The van der Waals surface area contributed by atoms with Crippen LogP contribution in [0, 0.1) is 6.92 Å². The van der Waals surface area contributed by atoms with E-state index in [-0.39, 0.29) is 34.1 Å². The maximum absolute atomic E-state index is 14.1. The molecule has 2 amide bonds. The maximum atomic E-state index is 14.1. The number of nitrogens with one attached hydrogen (secondary N) is 1. The van der Waals surface area contributed by atoms with Crippen molar-refractivity contribution in [2.75, 3.05) is 10.8 Å². The van der Waals surface area contributed by atoms with Crippen molar-refractivity contribution < 1.29 is 18.0 Å². The number of carbonyl (C=O) groups excluding carboxylic acids is 2. The fourth-order valence-corrected chi connectivity index (χ4v) is 6.88. The molecule has 7 nitrogen and oxygen atoms in total. The fraction of sp³-hybridized carbons (Fsp3) is 0.333. The summed E-state index contributed by atoms with van der Waals surface area (Å²) in [6.45, 7) is 3.18. The summed E-state index contributed by atoms with van der Waals surface area (Å²) < 4.78 is 28.7. The first-order valence-electron chi connectivity index (χ1n) is 13.2. The molecule has 212 valence electrons. The third-order valence-corrected chi connectivity index (χ3v) is 9.57. The number of nitrogens with zero attached hydrogens (tertiary/aromatic N) is 2. The average molecular weight is 603 g/mol.